The molecule has 0 aliphatic carbocycles. The van der Waals surface area contributed by atoms with Crippen LogP contribution in [-0.4, -0.2) is 16.3 Å². The molecule has 0 saturated carbocycles. The van der Waals surface area contributed by atoms with Gasteiger partial charge in [0.25, 0.3) is 0 Å². The molecule has 0 amide bonds. The van der Waals surface area contributed by atoms with Crippen LogP contribution in [0.4, 0.5) is 4.39 Å². The fraction of sp³-hybridized carbons (Fsp3) is 0.400. The van der Waals surface area contributed by atoms with Gasteiger partial charge in [-0.05, 0) is 24.6 Å². The standard InChI is InChI=1S/C10H12ClFO2/c1-2-9(13)10(14)7-5-6(12)3-4-8(7)11/h3-5,9-10,13-14H,2H2,1H3. The first-order valence-electron chi connectivity index (χ1n) is 4.37. The SMILES string of the molecule is CCC(O)C(O)c1cc(F)ccc1Cl. The minimum Gasteiger partial charge on any atom is -0.390 e. The zero-order valence-corrected chi connectivity index (χ0v) is 8.50. The Bertz CT molecular complexity index is 317. The van der Waals surface area contributed by atoms with Crippen molar-refractivity contribution in [3.05, 3.63) is 34.6 Å². The Labute approximate surface area is 86.9 Å². The fourth-order valence-corrected chi connectivity index (χ4v) is 1.40. The van der Waals surface area contributed by atoms with E-state index in [1.807, 2.05) is 0 Å². The zero-order valence-electron chi connectivity index (χ0n) is 7.74. The molecule has 2 unspecified atom stereocenters. The first-order chi connectivity index (χ1) is 6.56. The van der Waals surface area contributed by atoms with E-state index in [1.54, 1.807) is 6.92 Å². The third-order valence-electron chi connectivity index (χ3n) is 2.06. The fourth-order valence-electron chi connectivity index (χ4n) is 1.17. The van der Waals surface area contributed by atoms with E-state index in [1.165, 1.54) is 12.1 Å². The summed E-state index contributed by atoms with van der Waals surface area (Å²) in [4.78, 5) is 0. The van der Waals surface area contributed by atoms with Gasteiger partial charge < -0.3 is 10.2 Å². The van der Waals surface area contributed by atoms with Crippen LogP contribution in [0.1, 0.15) is 25.0 Å². The zero-order chi connectivity index (χ0) is 10.7. The van der Waals surface area contributed by atoms with E-state index in [9.17, 15) is 14.6 Å². The molecule has 1 rings (SSSR count). The summed E-state index contributed by atoms with van der Waals surface area (Å²) in [6, 6.07) is 3.70. The normalized spacial score (nSPS) is 15.2. The molecule has 0 fully saturated rings. The number of halogens is 2. The maximum Gasteiger partial charge on any atom is 0.123 e. The lowest BCUT2D eigenvalue weighted by Crippen LogP contribution is -2.17. The van der Waals surface area contributed by atoms with Crippen LogP contribution in [-0.2, 0) is 0 Å². The van der Waals surface area contributed by atoms with Crippen LogP contribution in [0.25, 0.3) is 0 Å². The molecule has 14 heavy (non-hydrogen) atoms. The van der Waals surface area contributed by atoms with Gasteiger partial charge in [0.1, 0.15) is 11.9 Å². The van der Waals surface area contributed by atoms with Crippen molar-refractivity contribution < 1.29 is 14.6 Å². The summed E-state index contributed by atoms with van der Waals surface area (Å²) in [5.74, 6) is -0.480. The highest BCUT2D eigenvalue weighted by molar-refractivity contribution is 6.31. The van der Waals surface area contributed by atoms with Crippen LogP contribution in [0.5, 0.6) is 0 Å². The number of aliphatic hydroxyl groups is 2. The number of hydrogen-bond acceptors (Lipinski definition) is 2. The van der Waals surface area contributed by atoms with Gasteiger partial charge in [-0.1, -0.05) is 18.5 Å². The highest BCUT2D eigenvalue weighted by Gasteiger charge is 2.19. The lowest BCUT2D eigenvalue weighted by molar-refractivity contribution is 0.0164. The molecule has 0 aromatic heterocycles. The average Bonchev–Trinajstić information content (AvgIpc) is 2.19. The molecule has 0 heterocycles. The molecule has 0 saturated heterocycles. The molecular weight excluding hydrogens is 207 g/mol. The van der Waals surface area contributed by atoms with Crippen molar-refractivity contribution in [2.45, 2.75) is 25.6 Å². The van der Waals surface area contributed by atoms with Gasteiger partial charge in [-0.15, -0.1) is 0 Å². The Morgan fingerprint density at radius 2 is 2.07 bits per heavy atom. The molecule has 0 radical (unpaired) electrons. The Balaban J connectivity index is 2.99. The second kappa shape index (κ2) is 4.73. The van der Waals surface area contributed by atoms with E-state index in [4.69, 9.17) is 11.6 Å². The van der Waals surface area contributed by atoms with Gasteiger partial charge in [-0.2, -0.15) is 0 Å². The first kappa shape index (κ1) is 11.4. The van der Waals surface area contributed by atoms with Crippen LogP contribution in [0.3, 0.4) is 0 Å². The highest BCUT2D eigenvalue weighted by Crippen LogP contribution is 2.26. The van der Waals surface area contributed by atoms with E-state index < -0.39 is 18.0 Å². The average molecular weight is 219 g/mol. The number of rotatable bonds is 3. The molecule has 1 aromatic rings. The van der Waals surface area contributed by atoms with Gasteiger partial charge in [-0.25, -0.2) is 4.39 Å². The molecule has 1 aromatic carbocycles. The van der Waals surface area contributed by atoms with Crippen molar-refractivity contribution in [1.82, 2.24) is 0 Å². The predicted molar refractivity (Wildman–Crippen MR) is 52.7 cm³/mol. The van der Waals surface area contributed by atoms with Crippen LogP contribution >= 0.6 is 11.6 Å². The smallest absolute Gasteiger partial charge is 0.123 e. The Hall–Kier alpha value is -0.640. The van der Waals surface area contributed by atoms with E-state index in [2.05, 4.69) is 0 Å². The van der Waals surface area contributed by atoms with Crippen molar-refractivity contribution >= 4 is 11.6 Å². The van der Waals surface area contributed by atoms with Crippen LogP contribution < -0.4 is 0 Å². The maximum absolute atomic E-state index is 12.8. The van der Waals surface area contributed by atoms with Gasteiger partial charge in [0.15, 0.2) is 0 Å². The lowest BCUT2D eigenvalue weighted by Gasteiger charge is -2.17. The van der Waals surface area contributed by atoms with Crippen molar-refractivity contribution in [1.29, 1.82) is 0 Å². The molecule has 2 atom stereocenters. The van der Waals surface area contributed by atoms with Gasteiger partial charge in [0.2, 0.25) is 0 Å². The Morgan fingerprint density at radius 3 is 2.64 bits per heavy atom. The van der Waals surface area contributed by atoms with Crippen molar-refractivity contribution in [2.75, 3.05) is 0 Å². The Morgan fingerprint density at radius 1 is 1.43 bits per heavy atom. The third-order valence-corrected chi connectivity index (χ3v) is 2.40. The monoisotopic (exact) mass is 218 g/mol. The summed E-state index contributed by atoms with van der Waals surface area (Å²) in [7, 11) is 0. The van der Waals surface area contributed by atoms with Crippen LogP contribution in [0.15, 0.2) is 18.2 Å². The predicted octanol–water partition coefficient (Wildman–Crippen LogP) is 2.28. The minimum atomic E-state index is -1.14. The summed E-state index contributed by atoms with van der Waals surface area (Å²) in [6.07, 6.45) is -1.67. The molecule has 2 N–H and O–H groups in total. The largest absolute Gasteiger partial charge is 0.390 e. The summed E-state index contributed by atoms with van der Waals surface area (Å²) in [5, 5.41) is 19.2. The lowest BCUT2D eigenvalue weighted by atomic mass is 10.0. The van der Waals surface area contributed by atoms with Gasteiger partial charge in [-0.3, -0.25) is 0 Å². The van der Waals surface area contributed by atoms with Crippen LogP contribution in [0.2, 0.25) is 5.02 Å². The highest BCUT2D eigenvalue weighted by atomic mass is 35.5. The van der Waals surface area contributed by atoms with Crippen molar-refractivity contribution in [3.63, 3.8) is 0 Å². The number of hydrogen-bond donors (Lipinski definition) is 2. The second-order valence-electron chi connectivity index (χ2n) is 3.09. The minimum absolute atomic E-state index is 0.223. The van der Waals surface area contributed by atoms with Crippen molar-refractivity contribution in [2.24, 2.45) is 0 Å². The van der Waals surface area contributed by atoms with E-state index in [0.29, 0.717) is 6.42 Å². The van der Waals surface area contributed by atoms with Gasteiger partial charge in [0.05, 0.1) is 6.10 Å². The second-order valence-corrected chi connectivity index (χ2v) is 3.49. The molecule has 0 bridgehead atoms. The van der Waals surface area contributed by atoms with Crippen molar-refractivity contribution in [3.8, 4) is 0 Å². The molecular formula is C10H12ClFO2. The quantitative estimate of drug-likeness (QED) is 0.817. The number of benzene rings is 1. The first-order valence-corrected chi connectivity index (χ1v) is 4.75. The molecule has 0 aliphatic heterocycles. The van der Waals surface area contributed by atoms with E-state index in [-0.39, 0.29) is 10.6 Å². The van der Waals surface area contributed by atoms with E-state index >= 15 is 0 Å². The number of aliphatic hydroxyl groups excluding tert-OH is 2. The van der Waals surface area contributed by atoms with Gasteiger partial charge >= 0.3 is 0 Å². The molecule has 78 valence electrons. The Kier molecular flexibility index (Phi) is 3.86. The summed E-state index contributed by atoms with van der Waals surface area (Å²) in [6.45, 7) is 1.72. The summed E-state index contributed by atoms with van der Waals surface area (Å²) >= 11 is 5.75. The molecule has 2 nitrogen and oxygen atoms in total. The molecule has 0 aliphatic rings. The maximum atomic E-state index is 12.8. The van der Waals surface area contributed by atoms with Gasteiger partial charge in [0, 0.05) is 10.6 Å². The summed E-state index contributed by atoms with van der Waals surface area (Å²) in [5.41, 5.74) is 0.223. The molecule has 4 heteroatoms. The summed E-state index contributed by atoms with van der Waals surface area (Å²) < 4.78 is 12.8. The topological polar surface area (TPSA) is 40.5 Å². The van der Waals surface area contributed by atoms with Crippen LogP contribution in [0, 0.1) is 5.82 Å². The third kappa shape index (κ3) is 2.44. The molecule has 0 spiro atoms. The van der Waals surface area contributed by atoms with E-state index in [0.717, 1.165) is 6.07 Å².